The van der Waals surface area contributed by atoms with E-state index in [1.165, 1.54) is 14.0 Å². The summed E-state index contributed by atoms with van der Waals surface area (Å²) >= 11 is 0. The lowest BCUT2D eigenvalue weighted by molar-refractivity contribution is -0.142. The summed E-state index contributed by atoms with van der Waals surface area (Å²) in [6.45, 7) is 11.7. The largest absolute Gasteiger partial charge is 0.481 e. The van der Waals surface area contributed by atoms with Gasteiger partial charge in [0.1, 0.15) is 6.61 Å². The van der Waals surface area contributed by atoms with Crippen LogP contribution in [0, 0.1) is 13.8 Å². The monoisotopic (exact) mass is 757 g/mol. The van der Waals surface area contributed by atoms with E-state index in [1.807, 2.05) is 39.0 Å². The van der Waals surface area contributed by atoms with Crippen molar-refractivity contribution in [2.24, 2.45) is 0 Å². The molecule has 0 saturated heterocycles. The van der Waals surface area contributed by atoms with Crippen LogP contribution >= 0.6 is 0 Å². The molecule has 0 saturated carbocycles. The van der Waals surface area contributed by atoms with E-state index in [9.17, 15) is 29.4 Å². The normalized spacial score (nSPS) is 15.3. The predicted molar refractivity (Wildman–Crippen MR) is 207 cm³/mol. The summed E-state index contributed by atoms with van der Waals surface area (Å²) in [4.78, 5) is 67.7. The van der Waals surface area contributed by atoms with Crippen LogP contribution in [0.3, 0.4) is 0 Å². The van der Waals surface area contributed by atoms with Gasteiger partial charge in [-0.1, -0.05) is 13.8 Å². The number of aromatic nitrogens is 4. The van der Waals surface area contributed by atoms with Gasteiger partial charge in [-0.25, -0.2) is 4.98 Å². The quantitative estimate of drug-likeness (QED) is 0.102. The van der Waals surface area contributed by atoms with Gasteiger partial charge >= 0.3 is 17.9 Å². The number of aliphatic carboxylic acids is 1. The molecule has 0 aromatic carbocycles. The number of aromatic amines is 2. The molecule has 294 valence electrons. The van der Waals surface area contributed by atoms with Crippen LogP contribution in [0.15, 0.2) is 18.2 Å². The second-order valence-corrected chi connectivity index (χ2v) is 13.9. The molecule has 14 heteroatoms. The Kier molecular flexibility index (Phi) is 13.3. The molecule has 8 bridgehead atoms. The number of methoxy groups -OCH3 is 1. The van der Waals surface area contributed by atoms with Crippen LogP contribution in [-0.2, 0) is 52.7 Å². The highest BCUT2D eigenvalue weighted by Gasteiger charge is 2.35. The molecule has 0 aliphatic carbocycles. The Balaban J connectivity index is 1.83. The van der Waals surface area contributed by atoms with Crippen LogP contribution in [0.25, 0.3) is 33.2 Å². The molecule has 0 spiro atoms. The van der Waals surface area contributed by atoms with Gasteiger partial charge < -0.3 is 39.7 Å². The van der Waals surface area contributed by atoms with Gasteiger partial charge in [0.15, 0.2) is 0 Å². The van der Waals surface area contributed by atoms with Crippen molar-refractivity contribution in [3.05, 3.63) is 68.8 Å². The first kappa shape index (κ1) is 40.8. The first-order valence-electron chi connectivity index (χ1n) is 18.6. The number of carboxylic acids is 1. The Bertz CT molecular complexity index is 2180. The zero-order valence-electron chi connectivity index (χ0n) is 32.6. The van der Waals surface area contributed by atoms with Gasteiger partial charge in [0.25, 0.3) is 5.91 Å². The van der Waals surface area contributed by atoms with Crippen molar-refractivity contribution in [2.75, 3.05) is 40.1 Å². The van der Waals surface area contributed by atoms with Gasteiger partial charge in [-0.3, -0.25) is 24.2 Å². The van der Waals surface area contributed by atoms with Crippen molar-refractivity contribution in [1.29, 1.82) is 0 Å². The Morgan fingerprint density at radius 1 is 0.909 bits per heavy atom. The van der Waals surface area contributed by atoms with Gasteiger partial charge in [0.2, 0.25) is 0 Å². The van der Waals surface area contributed by atoms with E-state index in [2.05, 4.69) is 29.1 Å². The molecule has 2 aliphatic rings. The number of fused-ring (bicyclic) bond motifs is 8. The number of nitrogens with one attached hydrogen (secondary N) is 3. The number of esters is 2. The number of carboxylic acid groups (broad SMARTS) is 1. The maximum atomic E-state index is 14.2. The highest BCUT2D eigenvalue weighted by molar-refractivity contribution is 6.27. The number of aryl methyl sites for hydroxylation is 3. The molecule has 3 aromatic heterocycles. The van der Waals surface area contributed by atoms with Crippen LogP contribution in [0.4, 0.5) is 0 Å². The van der Waals surface area contributed by atoms with Gasteiger partial charge in [0.05, 0.1) is 49.4 Å². The van der Waals surface area contributed by atoms with E-state index < -0.39 is 29.7 Å². The molecule has 3 aromatic rings. The number of amides is 1. The van der Waals surface area contributed by atoms with Gasteiger partial charge in [0, 0.05) is 71.7 Å². The minimum Gasteiger partial charge on any atom is -0.481 e. The summed E-state index contributed by atoms with van der Waals surface area (Å²) in [5, 5.41) is 22.7. The van der Waals surface area contributed by atoms with Gasteiger partial charge in [-0.05, 0) is 86.1 Å². The van der Waals surface area contributed by atoms with E-state index in [4.69, 9.17) is 24.2 Å². The number of ether oxygens (including phenoxy) is 3. The highest BCUT2D eigenvalue weighted by atomic mass is 16.6. The molecule has 2 aliphatic heterocycles. The van der Waals surface area contributed by atoms with E-state index in [0.717, 1.165) is 44.3 Å². The third-order valence-corrected chi connectivity index (χ3v) is 10.5. The molecule has 5 heterocycles. The van der Waals surface area contributed by atoms with Crippen LogP contribution < -0.4 is 5.32 Å². The fourth-order valence-corrected chi connectivity index (χ4v) is 7.48. The van der Waals surface area contributed by atoms with Crippen molar-refractivity contribution in [3.8, 4) is 0 Å². The Hall–Kier alpha value is -5.34. The van der Waals surface area contributed by atoms with E-state index in [1.54, 1.807) is 0 Å². The van der Waals surface area contributed by atoms with Crippen LogP contribution in [0.1, 0.15) is 103 Å². The molecule has 0 radical (unpaired) electrons. The third-order valence-electron chi connectivity index (χ3n) is 10.5. The third kappa shape index (κ3) is 8.97. The summed E-state index contributed by atoms with van der Waals surface area (Å²) in [7, 11) is 1.28. The molecule has 2 atom stereocenters. The minimum atomic E-state index is -0.965. The SMILES string of the molecule is CCc1c(C)c2cc3[nH]c(cc4nc(c(CC(=O)OC)c5nc(cc1[nH]2)C(C)=C5C(=O)NCCOCCOC(C)=O)C(CCC(=O)O)C4C)c(C)c3CCO. The zero-order valence-corrected chi connectivity index (χ0v) is 32.6. The van der Waals surface area contributed by atoms with Crippen LogP contribution in [-0.4, -0.2) is 94.0 Å². The Morgan fingerprint density at radius 3 is 2.25 bits per heavy atom. The first-order valence-corrected chi connectivity index (χ1v) is 18.6. The number of hydrogen-bond donors (Lipinski definition) is 5. The zero-order chi connectivity index (χ0) is 40.0. The number of rotatable bonds is 15. The van der Waals surface area contributed by atoms with Crippen molar-refractivity contribution < 1.29 is 43.6 Å². The fraction of sp³-hybridized carbons (Fsp3) is 0.463. The maximum Gasteiger partial charge on any atom is 0.310 e. The minimum absolute atomic E-state index is 0.0383. The van der Waals surface area contributed by atoms with Crippen LogP contribution in [0.2, 0.25) is 0 Å². The summed E-state index contributed by atoms with van der Waals surface area (Å²) < 4.78 is 15.6. The van der Waals surface area contributed by atoms with Gasteiger partial charge in [-0.15, -0.1) is 0 Å². The summed E-state index contributed by atoms with van der Waals surface area (Å²) in [5.74, 6) is -3.08. The molecule has 0 fully saturated rings. The van der Waals surface area contributed by atoms with E-state index in [0.29, 0.717) is 41.1 Å². The molecular weight excluding hydrogens is 706 g/mol. The van der Waals surface area contributed by atoms with Crippen LogP contribution in [0.5, 0.6) is 0 Å². The Labute approximate surface area is 319 Å². The number of aliphatic hydroxyl groups is 1. The first-order chi connectivity index (χ1) is 26.3. The molecule has 5 rings (SSSR count). The summed E-state index contributed by atoms with van der Waals surface area (Å²) in [5.41, 5.74) is 10.5. The molecule has 2 unspecified atom stereocenters. The average Bonchev–Trinajstić information content (AvgIpc) is 3.82. The maximum absolute atomic E-state index is 14.2. The number of carbonyl (C=O) groups excluding carboxylic acids is 3. The topological polar surface area (TPSA) is 206 Å². The van der Waals surface area contributed by atoms with Crippen molar-refractivity contribution in [2.45, 2.75) is 85.5 Å². The number of aliphatic hydroxyl groups excluding tert-OH is 1. The fourth-order valence-electron chi connectivity index (χ4n) is 7.48. The van der Waals surface area contributed by atoms with Crippen molar-refractivity contribution in [1.82, 2.24) is 25.3 Å². The predicted octanol–water partition coefficient (Wildman–Crippen LogP) is 5.12. The lowest BCUT2D eigenvalue weighted by atomic mass is 9.84. The van der Waals surface area contributed by atoms with E-state index in [-0.39, 0.29) is 69.4 Å². The van der Waals surface area contributed by atoms with Crippen molar-refractivity contribution in [3.63, 3.8) is 0 Å². The van der Waals surface area contributed by atoms with Gasteiger partial charge in [-0.2, -0.15) is 0 Å². The Morgan fingerprint density at radius 2 is 1.60 bits per heavy atom. The molecular formula is C41H51N5O9. The standard InChI is InChI=1S/C41H51N5O9/c1-8-26-21(2)31-19-35-27(11-13-47)22(3)30(44-35)18-32-23(4)28(9-10-36(49)50)39(45-32)29(17-37(51)53-7)40-38(24(5)33(46-40)20-34(26)43-31)41(52)42-12-14-54-15-16-55-25(6)48/h18-20,23,28,43-44,47H,8-17H2,1-7H3,(H,42,52)(H,49,50). The lowest BCUT2D eigenvalue weighted by Gasteiger charge is -2.18. The molecule has 14 nitrogen and oxygen atoms in total. The average molecular weight is 758 g/mol. The summed E-state index contributed by atoms with van der Waals surface area (Å²) in [6.07, 6.45) is 0.971. The second-order valence-electron chi connectivity index (χ2n) is 13.9. The smallest absolute Gasteiger partial charge is 0.310 e. The number of carbonyl (C=O) groups is 4. The number of nitrogens with zero attached hydrogens (tertiary/aromatic N) is 2. The van der Waals surface area contributed by atoms with Crippen molar-refractivity contribution >= 4 is 57.0 Å². The van der Waals surface area contributed by atoms with E-state index >= 15 is 0 Å². The highest BCUT2D eigenvalue weighted by Crippen LogP contribution is 2.44. The molecule has 1 amide bonds. The summed E-state index contributed by atoms with van der Waals surface area (Å²) in [6, 6.07) is 5.90. The molecule has 5 N–H and O–H groups in total. The number of hydrogen-bond acceptors (Lipinski definition) is 10. The number of allylic oxidation sites excluding steroid dienone is 1. The second kappa shape index (κ2) is 17.9. The number of H-pyrrole nitrogens is 2. The lowest BCUT2D eigenvalue weighted by Crippen LogP contribution is -2.29. The molecule has 55 heavy (non-hydrogen) atoms.